The van der Waals surface area contributed by atoms with E-state index in [0.717, 1.165) is 27.7 Å². The Kier molecular flexibility index (Phi) is 5.91. The molecule has 10 heteroatoms. The van der Waals surface area contributed by atoms with Crippen molar-refractivity contribution in [3.63, 3.8) is 0 Å². The van der Waals surface area contributed by atoms with Crippen LogP contribution in [0.3, 0.4) is 0 Å². The van der Waals surface area contributed by atoms with Crippen molar-refractivity contribution >= 4 is 35.2 Å². The van der Waals surface area contributed by atoms with E-state index in [1.807, 2.05) is 41.8 Å². The van der Waals surface area contributed by atoms with Gasteiger partial charge >= 0.3 is 7.12 Å². The van der Waals surface area contributed by atoms with Gasteiger partial charge in [0.15, 0.2) is 0 Å². The van der Waals surface area contributed by atoms with E-state index in [9.17, 15) is 14.8 Å². The monoisotopic (exact) mass is 430 g/mol. The Morgan fingerprint density at radius 1 is 1.19 bits per heavy atom. The molecule has 0 aliphatic carbocycles. The SMILES string of the molecule is Cc1cc2c(CN)cccc2n1-c1ncc(C(N)=O)c(NCc2cccc(B(O)O)c2)n1. The zero-order valence-electron chi connectivity index (χ0n) is 17.5. The summed E-state index contributed by atoms with van der Waals surface area (Å²) in [5.41, 5.74) is 15.6. The molecule has 2 heterocycles. The van der Waals surface area contributed by atoms with Crippen LogP contribution < -0.4 is 22.2 Å². The van der Waals surface area contributed by atoms with Crippen molar-refractivity contribution in [2.75, 3.05) is 5.32 Å². The average Bonchev–Trinajstić information content (AvgIpc) is 3.13. The molecule has 4 rings (SSSR count). The Labute approximate surface area is 184 Å². The predicted octanol–water partition coefficient (Wildman–Crippen LogP) is 0.578. The van der Waals surface area contributed by atoms with Crippen molar-refractivity contribution in [3.05, 3.63) is 77.1 Å². The molecule has 0 unspecified atom stereocenters. The first kappa shape index (κ1) is 21.5. The van der Waals surface area contributed by atoms with E-state index in [-0.39, 0.29) is 11.4 Å². The van der Waals surface area contributed by atoms with Crippen LogP contribution in [0.25, 0.3) is 16.9 Å². The summed E-state index contributed by atoms with van der Waals surface area (Å²) in [6.07, 6.45) is 1.40. The van der Waals surface area contributed by atoms with E-state index in [4.69, 9.17) is 11.5 Å². The van der Waals surface area contributed by atoms with Crippen molar-refractivity contribution in [2.45, 2.75) is 20.0 Å². The first-order chi connectivity index (χ1) is 15.4. The minimum absolute atomic E-state index is 0.156. The highest BCUT2D eigenvalue weighted by molar-refractivity contribution is 6.58. The summed E-state index contributed by atoms with van der Waals surface area (Å²) in [5, 5.41) is 22.9. The third-order valence-electron chi connectivity index (χ3n) is 5.29. The Morgan fingerprint density at radius 3 is 2.69 bits per heavy atom. The third kappa shape index (κ3) is 4.06. The van der Waals surface area contributed by atoms with Gasteiger partial charge in [0.2, 0.25) is 5.95 Å². The van der Waals surface area contributed by atoms with Gasteiger partial charge in [-0.3, -0.25) is 9.36 Å². The quantitative estimate of drug-likeness (QED) is 0.269. The minimum Gasteiger partial charge on any atom is -0.423 e. The normalized spacial score (nSPS) is 11.0. The van der Waals surface area contributed by atoms with Crippen LogP contribution in [-0.4, -0.2) is 37.6 Å². The second-order valence-electron chi connectivity index (χ2n) is 7.44. The first-order valence-electron chi connectivity index (χ1n) is 10.0. The lowest BCUT2D eigenvalue weighted by atomic mass is 9.80. The molecular formula is C22H23BN6O3. The number of primary amides is 1. The Balaban J connectivity index is 1.73. The van der Waals surface area contributed by atoms with Crippen molar-refractivity contribution < 1.29 is 14.8 Å². The molecular weight excluding hydrogens is 407 g/mol. The number of carbonyl (C=O) groups excluding carboxylic acids is 1. The van der Waals surface area contributed by atoms with Gasteiger partial charge in [-0.1, -0.05) is 36.4 Å². The summed E-state index contributed by atoms with van der Waals surface area (Å²) < 4.78 is 1.90. The average molecular weight is 430 g/mol. The van der Waals surface area contributed by atoms with E-state index >= 15 is 0 Å². The van der Waals surface area contributed by atoms with E-state index in [0.29, 0.717) is 24.5 Å². The second kappa shape index (κ2) is 8.79. The molecule has 0 fully saturated rings. The van der Waals surface area contributed by atoms with Crippen molar-refractivity contribution in [1.29, 1.82) is 0 Å². The van der Waals surface area contributed by atoms with Crippen LogP contribution in [0.5, 0.6) is 0 Å². The lowest BCUT2D eigenvalue weighted by Crippen LogP contribution is -2.30. The maximum absolute atomic E-state index is 12.0. The van der Waals surface area contributed by atoms with Gasteiger partial charge in [-0.2, -0.15) is 4.98 Å². The summed E-state index contributed by atoms with van der Waals surface area (Å²) in [5.74, 6) is 0.0190. The molecule has 162 valence electrons. The number of carbonyl (C=O) groups is 1. The van der Waals surface area contributed by atoms with E-state index in [1.54, 1.807) is 18.2 Å². The van der Waals surface area contributed by atoms with Crippen LogP contribution in [0, 0.1) is 6.92 Å². The third-order valence-corrected chi connectivity index (χ3v) is 5.29. The predicted molar refractivity (Wildman–Crippen MR) is 124 cm³/mol. The Hall–Kier alpha value is -3.73. The number of nitrogens with one attached hydrogen (secondary N) is 1. The lowest BCUT2D eigenvalue weighted by Gasteiger charge is -2.13. The molecule has 0 bridgehead atoms. The lowest BCUT2D eigenvalue weighted by molar-refractivity contribution is 0.100. The zero-order chi connectivity index (χ0) is 22.8. The number of aryl methyl sites for hydroxylation is 1. The number of nitrogens with two attached hydrogens (primary N) is 2. The van der Waals surface area contributed by atoms with Crippen LogP contribution in [-0.2, 0) is 13.1 Å². The van der Waals surface area contributed by atoms with Gasteiger partial charge in [0, 0.05) is 30.4 Å². The fourth-order valence-electron chi connectivity index (χ4n) is 3.71. The van der Waals surface area contributed by atoms with Gasteiger partial charge in [0.05, 0.1) is 11.1 Å². The number of nitrogens with zero attached hydrogens (tertiary/aromatic N) is 3. The Morgan fingerprint density at radius 2 is 1.97 bits per heavy atom. The molecule has 0 spiro atoms. The zero-order valence-corrected chi connectivity index (χ0v) is 17.5. The Bertz CT molecular complexity index is 1300. The minimum atomic E-state index is -1.56. The highest BCUT2D eigenvalue weighted by Crippen LogP contribution is 2.26. The van der Waals surface area contributed by atoms with Gasteiger partial charge in [-0.05, 0) is 35.6 Å². The fourth-order valence-corrected chi connectivity index (χ4v) is 3.71. The van der Waals surface area contributed by atoms with Crippen molar-refractivity contribution in [3.8, 4) is 5.95 Å². The summed E-state index contributed by atoms with van der Waals surface area (Å²) in [6.45, 7) is 2.65. The van der Waals surface area contributed by atoms with Gasteiger partial charge in [0.25, 0.3) is 5.91 Å². The molecule has 4 aromatic rings. The van der Waals surface area contributed by atoms with Gasteiger partial charge in [0.1, 0.15) is 5.82 Å². The van der Waals surface area contributed by atoms with Crippen LogP contribution in [0.1, 0.15) is 27.2 Å². The maximum atomic E-state index is 12.0. The van der Waals surface area contributed by atoms with Crippen LogP contribution >= 0.6 is 0 Å². The van der Waals surface area contributed by atoms with E-state index in [2.05, 4.69) is 15.3 Å². The fraction of sp³-hybridized carbons (Fsp3) is 0.136. The maximum Gasteiger partial charge on any atom is 0.488 e. The number of rotatable bonds is 7. The molecule has 1 amide bonds. The first-order valence-corrected chi connectivity index (χ1v) is 10.0. The molecule has 2 aromatic heterocycles. The standard InChI is InChI=1S/C22H23BN6O3/c1-13-8-17-15(10-24)5-3-7-19(17)29(13)22-27-12-18(20(25)30)21(28-22)26-11-14-4-2-6-16(9-14)23(31)32/h2-9,12,31-32H,10-11,24H2,1H3,(H2,25,30)(H,26,27,28). The molecule has 0 radical (unpaired) electrons. The van der Waals surface area contributed by atoms with Crippen LogP contribution in [0.2, 0.25) is 0 Å². The highest BCUT2D eigenvalue weighted by atomic mass is 16.4. The van der Waals surface area contributed by atoms with Gasteiger partial charge in [-0.25, -0.2) is 4.98 Å². The van der Waals surface area contributed by atoms with Crippen molar-refractivity contribution in [2.24, 2.45) is 11.5 Å². The molecule has 0 saturated heterocycles. The summed E-state index contributed by atoms with van der Waals surface area (Å²) in [4.78, 5) is 20.9. The number of anilines is 1. The topological polar surface area (TPSA) is 152 Å². The molecule has 0 aliphatic rings. The van der Waals surface area contributed by atoms with E-state index < -0.39 is 13.0 Å². The molecule has 0 atom stereocenters. The molecule has 0 saturated carbocycles. The summed E-state index contributed by atoms with van der Waals surface area (Å²) in [6, 6.07) is 14.7. The molecule has 9 nitrogen and oxygen atoms in total. The number of benzene rings is 2. The highest BCUT2D eigenvalue weighted by Gasteiger charge is 2.17. The van der Waals surface area contributed by atoms with Crippen molar-refractivity contribution in [1.82, 2.24) is 14.5 Å². The largest absolute Gasteiger partial charge is 0.488 e. The second-order valence-corrected chi connectivity index (χ2v) is 7.44. The van der Waals surface area contributed by atoms with Gasteiger partial charge in [-0.15, -0.1) is 0 Å². The number of amides is 1. The number of hydrogen-bond donors (Lipinski definition) is 5. The smallest absolute Gasteiger partial charge is 0.423 e. The number of aromatic nitrogens is 3. The van der Waals surface area contributed by atoms with Crippen LogP contribution in [0.4, 0.5) is 5.82 Å². The summed E-state index contributed by atoms with van der Waals surface area (Å²) in [7, 11) is -1.56. The molecule has 32 heavy (non-hydrogen) atoms. The number of hydrogen-bond acceptors (Lipinski definition) is 7. The molecule has 2 aromatic carbocycles. The summed E-state index contributed by atoms with van der Waals surface area (Å²) >= 11 is 0. The van der Waals surface area contributed by atoms with E-state index in [1.165, 1.54) is 6.20 Å². The molecule has 7 N–H and O–H groups in total. The van der Waals surface area contributed by atoms with Crippen LogP contribution in [0.15, 0.2) is 54.7 Å². The number of fused-ring (bicyclic) bond motifs is 1. The van der Waals surface area contributed by atoms with Gasteiger partial charge < -0.3 is 26.8 Å². The molecule has 0 aliphatic heterocycles.